The molecule has 0 radical (unpaired) electrons. The maximum absolute atomic E-state index is 12.5. The van der Waals surface area contributed by atoms with Crippen LogP contribution in [0.1, 0.15) is 406 Å². The highest BCUT2D eigenvalue weighted by Crippen LogP contribution is 2.19. The minimum Gasteiger partial charge on any atom is -0.466 e. The van der Waals surface area contributed by atoms with Crippen LogP contribution in [0.15, 0.2) is 48.6 Å². The number of carbonyl (C=O) groups is 2. The molecule has 0 fully saturated rings. The number of esters is 1. The first kappa shape index (κ1) is 80.8. The second-order valence-electron chi connectivity index (χ2n) is 25.6. The fourth-order valence-corrected chi connectivity index (χ4v) is 11.6. The van der Waals surface area contributed by atoms with E-state index in [1.807, 2.05) is 0 Å². The summed E-state index contributed by atoms with van der Waals surface area (Å²) in [6.07, 6.45) is 94.6. The number of hydrogen-bond acceptors (Lipinski definition) is 5. The number of rotatable bonds is 70. The molecule has 488 valence electrons. The lowest BCUT2D eigenvalue weighted by molar-refractivity contribution is -0.143. The summed E-state index contributed by atoms with van der Waals surface area (Å²) in [6.45, 7) is 4.96. The van der Waals surface area contributed by atoms with Crippen LogP contribution in [0.5, 0.6) is 0 Å². The highest BCUT2D eigenvalue weighted by atomic mass is 16.5. The number of nitrogens with one attached hydrogen (secondary N) is 1. The van der Waals surface area contributed by atoms with Crippen LogP contribution in [0.4, 0.5) is 0 Å². The van der Waals surface area contributed by atoms with Gasteiger partial charge in [0.2, 0.25) is 5.91 Å². The second-order valence-corrected chi connectivity index (χ2v) is 25.6. The molecule has 0 aromatic rings. The molecule has 2 unspecified atom stereocenters. The maximum atomic E-state index is 12.5. The Morgan fingerprint density at radius 1 is 0.337 bits per heavy atom. The van der Waals surface area contributed by atoms with E-state index in [0.717, 1.165) is 57.8 Å². The average Bonchev–Trinajstić information content (AvgIpc) is 3.49. The summed E-state index contributed by atoms with van der Waals surface area (Å²) in [5.74, 6) is -0.0274. The minimum atomic E-state index is -0.667. The van der Waals surface area contributed by atoms with Crippen LogP contribution in [0.3, 0.4) is 0 Å². The van der Waals surface area contributed by atoms with Gasteiger partial charge in [-0.3, -0.25) is 9.59 Å². The van der Waals surface area contributed by atoms with Gasteiger partial charge in [0.15, 0.2) is 0 Å². The van der Waals surface area contributed by atoms with Gasteiger partial charge < -0.3 is 20.3 Å². The second kappa shape index (κ2) is 72.3. The van der Waals surface area contributed by atoms with Crippen LogP contribution in [-0.4, -0.2) is 47.4 Å². The first-order valence-corrected chi connectivity index (χ1v) is 37.4. The maximum Gasteiger partial charge on any atom is 0.305 e. The monoisotopic (exact) mass is 1160 g/mol. The molecular weight excluding hydrogens is 1020 g/mol. The van der Waals surface area contributed by atoms with Crippen LogP contribution in [0.25, 0.3) is 0 Å². The summed E-state index contributed by atoms with van der Waals surface area (Å²) in [7, 11) is 0. The zero-order valence-corrected chi connectivity index (χ0v) is 55.9. The van der Waals surface area contributed by atoms with E-state index in [9.17, 15) is 19.8 Å². The van der Waals surface area contributed by atoms with Crippen molar-refractivity contribution < 1.29 is 24.5 Å². The Kier molecular flexibility index (Phi) is 70.4. The zero-order valence-electron chi connectivity index (χ0n) is 55.9. The van der Waals surface area contributed by atoms with E-state index in [1.54, 1.807) is 0 Å². The predicted octanol–water partition coefficient (Wildman–Crippen LogP) is 24.4. The quantitative estimate of drug-likeness (QED) is 0.0320. The topological polar surface area (TPSA) is 95.9 Å². The number of carbonyl (C=O) groups excluding carboxylic acids is 2. The Labute approximate surface area is 518 Å². The van der Waals surface area contributed by atoms with Gasteiger partial charge in [0.05, 0.1) is 25.4 Å². The predicted molar refractivity (Wildman–Crippen MR) is 366 cm³/mol. The SMILES string of the molecule is CCCCCC/C=C\C/C=C\CCCCCCCCCC(=O)OCCCCCCCCCCC/C=C\C/C=C\CCCCCCCCCCCCCCCC(=O)NC(CO)C(O)CCCCCCCCCCCCCCCCCCCCC. The molecule has 0 aromatic heterocycles. The van der Waals surface area contributed by atoms with Crippen molar-refractivity contribution in [3.8, 4) is 0 Å². The van der Waals surface area contributed by atoms with E-state index >= 15 is 0 Å². The van der Waals surface area contributed by atoms with Crippen molar-refractivity contribution in [2.24, 2.45) is 0 Å². The van der Waals surface area contributed by atoms with Crippen molar-refractivity contribution in [1.29, 1.82) is 0 Å². The molecule has 1 amide bonds. The molecule has 2 atom stereocenters. The van der Waals surface area contributed by atoms with E-state index in [0.29, 0.717) is 25.9 Å². The van der Waals surface area contributed by atoms with Gasteiger partial charge in [0, 0.05) is 12.8 Å². The lowest BCUT2D eigenvalue weighted by Crippen LogP contribution is -2.45. The molecule has 0 bridgehead atoms. The molecule has 0 heterocycles. The molecule has 0 saturated carbocycles. The van der Waals surface area contributed by atoms with Crippen LogP contribution in [-0.2, 0) is 14.3 Å². The van der Waals surface area contributed by atoms with Crippen molar-refractivity contribution in [3.05, 3.63) is 48.6 Å². The van der Waals surface area contributed by atoms with E-state index in [1.165, 1.54) is 315 Å². The Hall–Kier alpha value is -2.18. The van der Waals surface area contributed by atoms with E-state index in [-0.39, 0.29) is 18.5 Å². The van der Waals surface area contributed by atoms with E-state index in [4.69, 9.17) is 4.74 Å². The molecule has 0 aliphatic rings. The lowest BCUT2D eigenvalue weighted by atomic mass is 10.0. The third-order valence-corrected chi connectivity index (χ3v) is 17.4. The van der Waals surface area contributed by atoms with Gasteiger partial charge in [-0.1, -0.05) is 351 Å². The van der Waals surface area contributed by atoms with Crippen LogP contribution in [0, 0.1) is 0 Å². The van der Waals surface area contributed by atoms with E-state index in [2.05, 4.69) is 67.8 Å². The number of allylic oxidation sites excluding steroid dienone is 8. The molecule has 83 heavy (non-hydrogen) atoms. The molecule has 6 heteroatoms. The molecule has 0 aliphatic carbocycles. The number of amides is 1. The smallest absolute Gasteiger partial charge is 0.305 e. The van der Waals surface area contributed by atoms with Gasteiger partial charge in [-0.05, 0) is 89.9 Å². The van der Waals surface area contributed by atoms with Crippen LogP contribution in [0.2, 0.25) is 0 Å². The molecule has 6 nitrogen and oxygen atoms in total. The molecule has 0 spiro atoms. The van der Waals surface area contributed by atoms with Crippen molar-refractivity contribution >= 4 is 11.9 Å². The molecule has 0 saturated heterocycles. The number of aliphatic hydroxyl groups is 2. The van der Waals surface area contributed by atoms with Crippen molar-refractivity contribution in [1.82, 2.24) is 5.32 Å². The Morgan fingerprint density at radius 2 is 0.602 bits per heavy atom. The van der Waals surface area contributed by atoms with E-state index < -0.39 is 12.1 Å². The molecule has 0 aliphatic heterocycles. The largest absolute Gasteiger partial charge is 0.466 e. The Balaban J connectivity index is 3.40. The highest BCUT2D eigenvalue weighted by Gasteiger charge is 2.20. The summed E-state index contributed by atoms with van der Waals surface area (Å²) in [6, 6.07) is -0.544. The van der Waals surface area contributed by atoms with Crippen molar-refractivity contribution in [3.63, 3.8) is 0 Å². The fourth-order valence-electron chi connectivity index (χ4n) is 11.6. The summed E-state index contributed by atoms with van der Waals surface area (Å²) in [4.78, 5) is 24.6. The Morgan fingerprint density at radius 3 is 0.928 bits per heavy atom. The standard InChI is InChI=1S/C77H145NO5/c1-3-5-7-9-11-13-15-17-19-21-34-37-41-45-49-53-57-61-65-69-75(80)74(73-79)78-76(81)70-66-62-58-54-50-46-42-38-35-32-30-28-26-24-23-25-27-29-31-33-36-40-44-48-52-56-60-64-68-72-83-77(82)71-67-63-59-55-51-47-43-39-22-20-18-16-14-12-10-8-6-4-2/h14,16,20,22-23,25,29,31,74-75,79-80H,3-13,15,17-19,21,24,26-28,30,32-73H2,1-2H3,(H,78,81)/b16-14-,22-20-,25-23-,31-29-. The third-order valence-electron chi connectivity index (χ3n) is 17.4. The van der Waals surface area contributed by atoms with Crippen LogP contribution < -0.4 is 5.32 Å². The van der Waals surface area contributed by atoms with Crippen molar-refractivity contribution in [2.75, 3.05) is 13.2 Å². The average molecular weight is 1170 g/mol. The number of ether oxygens (including phenoxy) is 1. The number of hydrogen-bond donors (Lipinski definition) is 3. The van der Waals surface area contributed by atoms with Crippen LogP contribution >= 0.6 is 0 Å². The van der Waals surface area contributed by atoms with Gasteiger partial charge in [-0.15, -0.1) is 0 Å². The van der Waals surface area contributed by atoms with Gasteiger partial charge in [0.1, 0.15) is 0 Å². The van der Waals surface area contributed by atoms with Gasteiger partial charge in [-0.25, -0.2) is 0 Å². The molecule has 0 rings (SSSR count). The number of aliphatic hydroxyl groups excluding tert-OH is 2. The molecule has 3 N–H and O–H groups in total. The fraction of sp³-hybridized carbons (Fsp3) is 0.870. The van der Waals surface area contributed by atoms with Gasteiger partial charge >= 0.3 is 5.97 Å². The molecule has 0 aromatic carbocycles. The van der Waals surface area contributed by atoms with Gasteiger partial charge in [0.25, 0.3) is 0 Å². The Bertz CT molecular complexity index is 1390. The highest BCUT2D eigenvalue weighted by molar-refractivity contribution is 5.76. The number of unbranched alkanes of at least 4 members (excludes halogenated alkanes) is 51. The molecular formula is C77H145NO5. The summed E-state index contributed by atoms with van der Waals surface area (Å²) >= 11 is 0. The van der Waals surface area contributed by atoms with Gasteiger partial charge in [-0.2, -0.15) is 0 Å². The lowest BCUT2D eigenvalue weighted by Gasteiger charge is -2.22. The summed E-state index contributed by atoms with van der Waals surface area (Å²) in [5, 5.41) is 23.4. The summed E-state index contributed by atoms with van der Waals surface area (Å²) < 4.78 is 5.50. The van der Waals surface area contributed by atoms with Crippen molar-refractivity contribution in [2.45, 2.75) is 418 Å². The minimum absolute atomic E-state index is 0.00506. The zero-order chi connectivity index (χ0) is 59.9. The summed E-state index contributed by atoms with van der Waals surface area (Å²) in [5.41, 5.74) is 0. The first-order chi connectivity index (χ1) is 41.0. The normalized spacial score (nSPS) is 12.8. The first-order valence-electron chi connectivity index (χ1n) is 37.4. The third kappa shape index (κ3) is 68.8.